The van der Waals surface area contributed by atoms with Crippen molar-refractivity contribution in [2.75, 3.05) is 7.05 Å². The highest BCUT2D eigenvalue weighted by atomic mass is 16.3. The Morgan fingerprint density at radius 1 is 0.750 bits per heavy atom. The minimum atomic E-state index is -1.05. The van der Waals surface area contributed by atoms with Gasteiger partial charge >= 0.3 is 0 Å². The van der Waals surface area contributed by atoms with E-state index in [1.807, 2.05) is 24.3 Å². The Kier molecular flexibility index (Phi) is 5.09. The van der Waals surface area contributed by atoms with Crippen molar-refractivity contribution in [2.45, 2.75) is 44.4 Å². The predicted molar refractivity (Wildman–Crippen MR) is 115 cm³/mol. The summed E-state index contributed by atoms with van der Waals surface area (Å²) in [5.41, 5.74) is 4.55. The molecule has 0 unspecified atom stereocenters. The number of likely N-dealkylation sites (N-methyl/N-ethyl adjacent to an activating group) is 1. The number of aryl methyl sites for hydroxylation is 2. The molecule has 4 rings (SSSR count). The van der Waals surface area contributed by atoms with Crippen LogP contribution in [0.25, 0.3) is 0 Å². The first-order valence-corrected chi connectivity index (χ1v) is 10.1. The summed E-state index contributed by atoms with van der Waals surface area (Å²) in [6.07, 6.45) is 2.00. The van der Waals surface area contributed by atoms with Gasteiger partial charge in [0.25, 0.3) is 0 Å². The van der Waals surface area contributed by atoms with Gasteiger partial charge in [0.1, 0.15) is 5.60 Å². The van der Waals surface area contributed by atoms with Gasteiger partial charge in [-0.2, -0.15) is 0 Å². The van der Waals surface area contributed by atoms with Crippen LogP contribution in [0, 0.1) is 13.8 Å². The largest absolute Gasteiger partial charge is 0.379 e. The molecule has 0 saturated carbocycles. The van der Waals surface area contributed by atoms with Gasteiger partial charge in [0, 0.05) is 12.1 Å². The maximum atomic E-state index is 12.4. The van der Waals surface area contributed by atoms with Gasteiger partial charge in [0.05, 0.1) is 0 Å². The van der Waals surface area contributed by atoms with Crippen LogP contribution in [-0.2, 0) is 5.60 Å². The van der Waals surface area contributed by atoms with Gasteiger partial charge in [0.2, 0.25) is 0 Å². The third-order valence-corrected chi connectivity index (χ3v) is 6.47. The minimum Gasteiger partial charge on any atom is -0.379 e. The molecule has 0 radical (unpaired) electrons. The van der Waals surface area contributed by atoms with Crippen molar-refractivity contribution in [2.24, 2.45) is 0 Å². The van der Waals surface area contributed by atoms with E-state index in [1.54, 1.807) is 0 Å². The van der Waals surface area contributed by atoms with Crippen molar-refractivity contribution in [3.05, 3.63) is 107 Å². The molecule has 144 valence electrons. The van der Waals surface area contributed by atoms with Crippen molar-refractivity contribution < 1.29 is 5.11 Å². The summed E-state index contributed by atoms with van der Waals surface area (Å²) in [6, 6.07) is 27.5. The average Bonchev–Trinajstić information content (AvgIpc) is 3.11. The summed E-state index contributed by atoms with van der Waals surface area (Å²) in [7, 11) is 2.16. The third kappa shape index (κ3) is 3.07. The summed E-state index contributed by atoms with van der Waals surface area (Å²) in [5, 5.41) is 12.4. The lowest BCUT2D eigenvalue weighted by atomic mass is 9.76. The lowest BCUT2D eigenvalue weighted by molar-refractivity contribution is -0.00497. The number of likely N-dealkylation sites (tertiary alicyclic amines) is 1. The van der Waals surface area contributed by atoms with Gasteiger partial charge in [-0.15, -0.1) is 0 Å². The molecule has 3 aromatic carbocycles. The summed E-state index contributed by atoms with van der Waals surface area (Å²) in [5.74, 6) is 0. The minimum absolute atomic E-state index is 0.0138. The molecule has 2 atom stereocenters. The second kappa shape index (κ2) is 7.54. The molecule has 3 aromatic rings. The van der Waals surface area contributed by atoms with Gasteiger partial charge in [0.15, 0.2) is 0 Å². The van der Waals surface area contributed by atoms with Crippen molar-refractivity contribution in [1.29, 1.82) is 0 Å². The Labute approximate surface area is 168 Å². The molecule has 2 heteroatoms. The molecule has 0 spiro atoms. The summed E-state index contributed by atoms with van der Waals surface area (Å²) < 4.78 is 0. The molecule has 1 aliphatic rings. The van der Waals surface area contributed by atoms with Crippen LogP contribution in [0.5, 0.6) is 0 Å². The third-order valence-electron chi connectivity index (χ3n) is 6.47. The molecule has 1 saturated heterocycles. The molecule has 28 heavy (non-hydrogen) atoms. The molecule has 0 aliphatic carbocycles. The monoisotopic (exact) mass is 371 g/mol. The highest BCUT2D eigenvalue weighted by Gasteiger charge is 2.48. The summed E-state index contributed by atoms with van der Waals surface area (Å²) in [4.78, 5) is 2.38. The fraction of sp³-hybridized carbons (Fsp3) is 0.308. The Morgan fingerprint density at radius 2 is 1.25 bits per heavy atom. The molecule has 1 heterocycles. The maximum Gasteiger partial charge on any atom is 0.131 e. The van der Waals surface area contributed by atoms with Crippen LogP contribution in [0.4, 0.5) is 0 Å². The highest BCUT2D eigenvalue weighted by Crippen LogP contribution is 2.47. The molecule has 1 N–H and O–H groups in total. The van der Waals surface area contributed by atoms with E-state index >= 15 is 0 Å². The van der Waals surface area contributed by atoms with E-state index < -0.39 is 5.60 Å². The maximum absolute atomic E-state index is 12.4. The van der Waals surface area contributed by atoms with Crippen LogP contribution in [-0.4, -0.2) is 23.1 Å². The predicted octanol–water partition coefficient (Wildman–Crippen LogP) is 5.37. The highest BCUT2D eigenvalue weighted by molar-refractivity contribution is 5.46. The normalized spacial score (nSPS) is 20.4. The summed E-state index contributed by atoms with van der Waals surface area (Å²) >= 11 is 0. The van der Waals surface area contributed by atoms with Crippen LogP contribution in [0.15, 0.2) is 78.9 Å². The standard InChI is InChI=1S/C26H29NO/c1-19-11-7-9-15-22(19)26(28,23-16-10-8-12-20(23)2)25-18-17-24(27(25)3)21-13-5-4-6-14-21/h4-16,24-25,28H,17-18H2,1-3H3/t24-,25-/m0/s1. The molecule has 0 bridgehead atoms. The van der Waals surface area contributed by atoms with Crippen molar-refractivity contribution in [3.8, 4) is 0 Å². The van der Waals surface area contributed by atoms with Gasteiger partial charge in [-0.1, -0.05) is 78.9 Å². The van der Waals surface area contributed by atoms with E-state index in [-0.39, 0.29) is 6.04 Å². The van der Waals surface area contributed by atoms with Gasteiger partial charge < -0.3 is 5.11 Å². The number of hydrogen-bond acceptors (Lipinski definition) is 2. The first-order valence-electron chi connectivity index (χ1n) is 10.1. The van der Waals surface area contributed by atoms with E-state index in [4.69, 9.17) is 0 Å². The zero-order chi connectivity index (χ0) is 19.7. The number of benzene rings is 3. The first kappa shape index (κ1) is 18.9. The van der Waals surface area contributed by atoms with Crippen LogP contribution < -0.4 is 0 Å². The topological polar surface area (TPSA) is 23.5 Å². The van der Waals surface area contributed by atoms with Crippen LogP contribution in [0.3, 0.4) is 0 Å². The van der Waals surface area contributed by atoms with Crippen LogP contribution in [0.1, 0.15) is 46.7 Å². The van der Waals surface area contributed by atoms with Crippen LogP contribution >= 0.6 is 0 Å². The molecule has 0 amide bonds. The Morgan fingerprint density at radius 3 is 1.79 bits per heavy atom. The Hall–Kier alpha value is -2.42. The SMILES string of the molecule is Cc1ccccc1C(O)(c1ccccc1C)[C@@H]1CC[C@@H](c2ccccc2)N1C. The molecular weight excluding hydrogens is 342 g/mol. The zero-order valence-electron chi connectivity index (χ0n) is 17.0. The fourth-order valence-corrected chi connectivity index (χ4v) is 5.03. The van der Waals surface area contributed by atoms with Crippen molar-refractivity contribution in [1.82, 2.24) is 4.90 Å². The van der Waals surface area contributed by atoms with E-state index in [0.29, 0.717) is 6.04 Å². The van der Waals surface area contributed by atoms with E-state index in [2.05, 4.69) is 80.4 Å². The molecule has 1 fully saturated rings. The van der Waals surface area contributed by atoms with Gasteiger partial charge in [-0.25, -0.2) is 0 Å². The van der Waals surface area contributed by atoms with E-state index in [0.717, 1.165) is 35.1 Å². The Bertz CT molecular complexity index is 904. The Balaban J connectivity index is 1.84. The van der Waals surface area contributed by atoms with E-state index in [1.165, 1.54) is 5.56 Å². The lowest BCUT2D eigenvalue weighted by Gasteiger charge is -2.41. The number of rotatable bonds is 4. The fourth-order valence-electron chi connectivity index (χ4n) is 5.03. The van der Waals surface area contributed by atoms with Crippen molar-refractivity contribution in [3.63, 3.8) is 0 Å². The van der Waals surface area contributed by atoms with Gasteiger partial charge in [-0.05, 0) is 61.6 Å². The van der Waals surface area contributed by atoms with Gasteiger partial charge in [-0.3, -0.25) is 4.90 Å². The van der Waals surface area contributed by atoms with Crippen LogP contribution in [0.2, 0.25) is 0 Å². The molecule has 2 nitrogen and oxygen atoms in total. The smallest absolute Gasteiger partial charge is 0.131 e. The molecular formula is C26H29NO. The second-order valence-electron chi connectivity index (χ2n) is 8.08. The summed E-state index contributed by atoms with van der Waals surface area (Å²) in [6.45, 7) is 4.20. The molecule has 0 aromatic heterocycles. The lowest BCUT2D eigenvalue weighted by Crippen LogP contribution is -2.48. The zero-order valence-corrected chi connectivity index (χ0v) is 17.0. The number of aliphatic hydroxyl groups is 1. The average molecular weight is 372 g/mol. The number of nitrogens with zero attached hydrogens (tertiary/aromatic N) is 1. The molecule has 1 aliphatic heterocycles. The van der Waals surface area contributed by atoms with Crippen molar-refractivity contribution >= 4 is 0 Å². The number of hydrogen-bond donors (Lipinski definition) is 1. The quantitative estimate of drug-likeness (QED) is 0.666. The van der Waals surface area contributed by atoms with E-state index in [9.17, 15) is 5.11 Å². The first-order chi connectivity index (χ1) is 13.5. The second-order valence-corrected chi connectivity index (χ2v) is 8.08.